The van der Waals surface area contributed by atoms with Gasteiger partial charge in [-0.1, -0.05) is 29.3 Å². The van der Waals surface area contributed by atoms with E-state index in [1.807, 2.05) is 42.2 Å². The molecule has 2 aromatic rings. The summed E-state index contributed by atoms with van der Waals surface area (Å²) in [6.07, 6.45) is 1.85. The lowest BCUT2D eigenvalue weighted by molar-refractivity contribution is 0.575. The van der Waals surface area contributed by atoms with Crippen LogP contribution in [0.25, 0.3) is 0 Å². The molecule has 0 aromatic carbocycles. The van der Waals surface area contributed by atoms with Crippen molar-refractivity contribution in [2.75, 3.05) is 13.1 Å². The van der Waals surface area contributed by atoms with Crippen LogP contribution < -0.4 is 16.2 Å². The van der Waals surface area contributed by atoms with Gasteiger partial charge in [0.25, 0.3) is 5.56 Å². The Bertz CT molecular complexity index is 841. The molecule has 0 aliphatic rings. The third-order valence-corrected chi connectivity index (χ3v) is 5.17. The van der Waals surface area contributed by atoms with Crippen LogP contribution in [0.2, 0.25) is 10.2 Å². The second-order valence-corrected chi connectivity index (χ2v) is 7.08. The molecular formula is C19H27Cl2N5O. The highest BCUT2D eigenvalue weighted by Gasteiger charge is 2.08. The van der Waals surface area contributed by atoms with Gasteiger partial charge in [-0.15, -0.1) is 0 Å². The summed E-state index contributed by atoms with van der Waals surface area (Å²) in [6.45, 7) is 6.74. The third kappa shape index (κ3) is 6.04. The molecule has 0 aliphatic heterocycles. The minimum absolute atomic E-state index is 0.0535. The van der Waals surface area contributed by atoms with Gasteiger partial charge in [-0.25, -0.2) is 4.99 Å². The van der Waals surface area contributed by atoms with Crippen LogP contribution in [0.1, 0.15) is 31.2 Å². The normalized spacial score (nSPS) is 11.7. The fourth-order valence-electron chi connectivity index (χ4n) is 2.75. The van der Waals surface area contributed by atoms with E-state index in [0.717, 1.165) is 49.8 Å². The van der Waals surface area contributed by atoms with E-state index in [0.29, 0.717) is 16.7 Å². The van der Waals surface area contributed by atoms with E-state index >= 15 is 0 Å². The summed E-state index contributed by atoms with van der Waals surface area (Å²) >= 11 is 12.1. The van der Waals surface area contributed by atoms with E-state index in [1.54, 1.807) is 12.1 Å². The van der Waals surface area contributed by atoms with Gasteiger partial charge in [-0.2, -0.15) is 0 Å². The Morgan fingerprint density at radius 1 is 1.22 bits per heavy atom. The van der Waals surface area contributed by atoms with Crippen LogP contribution in [0.5, 0.6) is 0 Å². The molecule has 0 spiro atoms. The molecule has 0 aliphatic carbocycles. The first-order valence-electron chi connectivity index (χ1n) is 9.12. The number of guanidine groups is 1. The Kier molecular flexibility index (Phi) is 8.25. The Morgan fingerprint density at radius 3 is 2.63 bits per heavy atom. The van der Waals surface area contributed by atoms with Crippen molar-refractivity contribution in [1.29, 1.82) is 0 Å². The van der Waals surface area contributed by atoms with Crippen molar-refractivity contribution < 1.29 is 0 Å². The number of hydrogen-bond acceptors (Lipinski definition) is 2. The molecule has 0 fully saturated rings. The lowest BCUT2D eigenvalue weighted by Crippen LogP contribution is -2.37. The van der Waals surface area contributed by atoms with Crippen LogP contribution in [0.3, 0.4) is 0 Å². The van der Waals surface area contributed by atoms with Crippen molar-refractivity contribution in [2.45, 2.75) is 39.8 Å². The molecule has 0 bridgehead atoms. The highest BCUT2D eigenvalue weighted by atomic mass is 35.5. The van der Waals surface area contributed by atoms with Crippen LogP contribution in [0.4, 0.5) is 0 Å². The lowest BCUT2D eigenvalue weighted by atomic mass is 10.3. The Labute approximate surface area is 170 Å². The highest BCUT2D eigenvalue weighted by Crippen LogP contribution is 2.25. The summed E-state index contributed by atoms with van der Waals surface area (Å²) in [6, 6.07) is 7.18. The molecule has 148 valence electrons. The van der Waals surface area contributed by atoms with Gasteiger partial charge in [0, 0.05) is 44.1 Å². The van der Waals surface area contributed by atoms with Crippen molar-refractivity contribution in [1.82, 2.24) is 19.8 Å². The van der Waals surface area contributed by atoms with Crippen LogP contribution in [-0.4, -0.2) is 28.2 Å². The predicted molar refractivity (Wildman–Crippen MR) is 113 cm³/mol. The van der Waals surface area contributed by atoms with E-state index in [2.05, 4.69) is 15.6 Å². The van der Waals surface area contributed by atoms with Gasteiger partial charge in [0.1, 0.15) is 5.15 Å². The molecule has 0 amide bonds. The predicted octanol–water partition coefficient (Wildman–Crippen LogP) is 3.34. The average Bonchev–Trinajstić information content (AvgIpc) is 2.88. The number of nitrogens with one attached hydrogen (secondary N) is 2. The molecule has 0 unspecified atom stereocenters. The van der Waals surface area contributed by atoms with Crippen molar-refractivity contribution in [3.8, 4) is 0 Å². The molecule has 0 radical (unpaired) electrons. The Balaban J connectivity index is 1.83. The van der Waals surface area contributed by atoms with Gasteiger partial charge in [0.2, 0.25) is 0 Å². The number of aryl methyl sites for hydroxylation is 1. The van der Waals surface area contributed by atoms with E-state index < -0.39 is 0 Å². The largest absolute Gasteiger partial charge is 0.357 e. The quantitative estimate of drug-likeness (QED) is 0.397. The van der Waals surface area contributed by atoms with Gasteiger partial charge in [0.15, 0.2) is 5.96 Å². The number of aliphatic imine (C=N–C) groups is 1. The number of pyridine rings is 1. The van der Waals surface area contributed by atoms with Crippen LogP contribution in [0.15, 0.2) is 34.1 Å². The van der Waals surface area contributed by atoms with E-state index in [-0.39, 0.29) is 5.56 Å². The monoisotopic (exact) mass is 411 g/mol. The number of nitrogens with zero attached hydrogens (tertiary/aromatic N) is 3. The maximum absolute atomic E-state index is 11.9. The van der Waals surface area contributed by atoms with Crippen LogP contribution in [-0.2, 0) is 20.1 Å². The zero-order valence-electron chi connectivity index (χ0n) is 16.1. The minimum Gasteiger partial charge on any atom is -0.357 e. The van der Waals surface area contributed by atoms with Gasteiger partial charge >= 0.3 is 0 Å². The van der Waals surface area contributed by atoms with Crippen LogP contribution >= 0.6 is 23.2 Å². The summed E-state index contributed by atoms with van der Waals surface area (Å²) in [5.41, 5.74) is 1.99. The number of halogens is 2. The molecular weight excluding hydrogens is 385 g/mol. The fraction of sp³-hybridized carbons (Fsp3) is 0.474. The first-order chi connectivity index (χ1) is 12.9. The average molecular weight is 412 g/mol. The van der Waals surface area contributed by atoms with Crippen molar-refractivity contribution >= 4 is 29.2 Å². The number of aromatic nitrogens is 2. The van der Waals surface area contributed by atoms with Crippen molar-refractivity contribution in [3.63, 3.8) is 0 Å². The summed E-state index contributed by atoms with van der Waals surface area (Å²) in [5, 5.41) is 7.61. The van der Waals surface area contributed by atoms with E-state index in [9.17, 15) is 4.79 Å². The lowest BCUT2D eigenvalue weighted by Gasteiger charge is -2.12. The zero-order valence-corrected chi connectivity index (χ0v) is 17.6. The molecule has 0 saturated heterocycles. The van der Waals surface area contributed by atoms with Crippen molar-refractivity contribution in [3.05, 3.63) is 56.2 Å². The highest BCUT2D eigenvalue weighted by molar-refractivity contribution is 6.41. The second kappa shape index (κ2) is 10.4. The molecule has 0 saturated carbocycles. The SMILES string of the molecule is CCNC(=NCc1cc(Cl)c(Cl)n1C)NCCCCn1c(C)cccc1=O. The minimum atomic E-state index is 0.0535. The molecule has 2 rings (SSSR count). The van der Waals surface area contributed by atoms with Gasteiger partial charge in [-0.05, 0) is 38.8 Å². The summed E-state index contributed by atoms with van der Waals surface area (Å²) in [5.74, 6) is 0.749. The summed E-state index contributed by atoms with van der Waals surface area (Å²) in [4.78, 5) is 16.5. The first kappa shape index (κ1) is 21.4. The standard InChI is InChI=1S/C19H27Cl2N5O/c1-4-22-19(24-13-15-12-16(20)18(21)25(15)3)23-10-5-6-11-26-14(2)8-7-9-17(26)27/h7-9,12H,4-6,10-11,13H2,1-3H3,(H2,22,23,24). The third-order valence-electron chi connectivity index (χ3n) is 4.33. The first-order valence-corrected chi connectivity index (χ1v) is 9.87. The molecule has 2 aromatic heterocycles. The molecule has 0 atom stereocenters. The number of rotatable bonds is 8. The van der Waals surface area contributed by atoms with Crippen LogP contribution in [0, 0.1) is 6.92 Å². The summed E-state index contributed by atoms with van der Waals surface area (Å²) in [7, 11) is 1.87. The van der Waals surface area contributed by atoms with Gasteiger partial charge < -0.3 is 19.8 Å². The van der Waals surface area contributed by atoms with E-state index in [1.165, 1.54) is 0 Å². The summed E-state index contributed by atoms with van der Waals surface area (Å²) < 4.78 is 3.64. The molecule has 6 nitrogen and oxygen atoms in total. The topological polar surface area (TPSA) is 63.4 Å². The smallest absolute Gasteiger partial charge is 0.250 e. The Morgan fingerprint density at radius 2 is 2.00 bits per heavy atom. The molecule has 27 heavy (non-hydrogen) atoms. The number of hydrogen-bond donors (Lipinski definition) is 2. The Hall–Kier alpha value is -1.92. The maximum atomic E-state index is 11.9. The maximum Gasteiger partial charge on any atom is 0.250 e. The van der Waals surface area contributed by atoms with Gasteiger partial charge in [0.05, 0.1) is 11.6 Å². The van der Waals surface area contributed by atoms with Crippen molar-refractivity contribution in [2.24, 2.45) is 12.0 Å². The van der Waals surface area contributed by atoms with Gasteiger partial charge in [-0.3, -0.25) is 4.79 Å². The molecule has 8 heteroatoms. The fourth-order valence-corrected chi connectivity index (χ4v) is 3.17. The second-order valence-electron chi connectivity index (χ2n) is 6.32. The molecule has 2 N–H and O–H groups in total. The number of unbranched alkanes of at least 4 members (excludes halogenated alkanes) is 1. The van der Waals surface area contributed by atoms with E-state index in [4.69, 9.17) is 23.2 Å². The molecule has 2 heterocycles. The zero-order chi connectivity index (χ0) is 19.8.